The number of rotatable bonds is 4. The Kier molecular flexibility index (Phi) is 7.20. The Labute approximate surface area is 420 Å². The molecule has 15 aromatic rings. The van der Waals surface area contributed by atoms with E-state index in [1.54, 1.807) is 0 Å². The molecule has 3 aliphatic rings. The lowest BCUT2D eigenvalue weighted by atomic mass is 9.89. The fraction of sp³-hybridized carbons (Fsp3) is 0.0294. The highest BCUT2D eigenvalue weighted by Crippen LogP contribution is 2.56. The third kappa shape index (κ3) is 4.52. The van der Waals surface area contributed by atoms with E-state index in [9.17, 15) is 0 Å². The standard InChI is InChI=1S/C68H42N4Si/c1-5-17-41(18-6-1)47-25-13-29-55-61(47)51-37-33-45-34-38-52-62-48(42-19-7-2-8-20-42)26-14-30-56(62)70-66(52)59(45)65(51)69(55)73(70)71-57-31-15-27-49(43-21-9-3-10-22-43)63(57)53-39-35-46-36-40-54-64-50(44-23-11-4-12-24-44)28-16-32-58(64)72(73)68(54)60(46)67(53)71/h1-23,25-40,44H,24H2/q-1. The summed E-state index contributed by atoms with van der Waals surface area (Å²) in [6, 6.07) is 81.3. The van der Waals surface area contributed by atoms with Crippen LogP contribution in [0, 0.1) is 0 Å². The fourth-order valence-electron chi connectivity index (χ4n) is 14.6. The quantitative estimate of drug-likeness (QED) is 0.157. The highest BCUT2D eigenvalue weighted by molar-refractivity contribution is 6.83. The number of aromatic nitrogens is 4. The maximum Gasteiger partial charge on any atom is 0.308 e. The van der Waals surface area contributed by atoms with Crippen molar-refractivity contribution in [2.45, 2.75) is 12.3 Å². The Bertz CT molecular complexity index is 4860. The molecule has 6 heterocycles. The summed E-state index contributed by atoms with van der Waals surface area (Å²) in [5.74, 6) is 0.256. The second kappa shape index (κ2) is 13.6. The first-order valence-electron chi connectivity index (χ1n) is 25.7. The van der Waals surface area contributed by atoms with Gasteiger partial charge in [0.25, 0.3) is 0 Å². The number of hydrogen-bond acceptors (Lipinski definition) is 0. The zero-order valence-electron chi connectivity index (χ0n) is 39.6. The van der Waals surface area contributed by atoms with Crippen LogP contribution in [0.4, 0.5) is 0 Å². The summed E-state index contributed by atoms with van der Waals surface area (Å²) in [6.45, 7) is 0. The molecule has 0 N–H and O–H groups in total. The van der Waals surface area contributed by atoms with Crippen LogP contribution in [0.5, 0.6) is 0 Å². The normalized spacial score (nSPS) is 15.5. The molecule has 1 unspecified atom stereocenters. The maximum atomic E-state index is 2.96. The molecule has 73 heavy (non-hydrogen) atoms. The van der Waals surface area contributed by atoms with Crippen molar-refractivity contribution in [1.29, 1.82) is 0 Å². The van der Waals surface area contributed by atoms with Crippen molar-refractivity contribution < 1.29 is 0 Å². The van der Waals surface area contributed by atoms with Crippen LogP contribution in [0.3, 0.4) is 0 Å². The molecule has 4 aromatic heterocycles. The van der Waals surface area contributed by atoms with Crippen molar-refractivity contribution >= 4 is 117 Å². The van der Waals surface area contributed by atoms with Crippen LogP contribution in [0.1, 0.15) is 17.9 Å². The predicted molar refractivity (Wildman–Crippen MR) is 309 cm³/mol. The van der Waals surface area contributed by atoms with E-state index in [1.165, 1.54) is 148 Å². The molecule has 0 amide bonds. The fourth-order valence-corrected chi connectivity index (χ4v) is 20.0. The van der Waals surface area contributed by atoms with E-state index in [4.69, 9.17) is 0 Å². The molecule has 0 saturated carbocycles. The minimum absolute atomic E-state index is 0.256. The molecule has 4 nitrogen and oxygen atoms in total. The van der Waals surface area contributed by atoms with Gasteiger partial charge in [0.1, 0.15) is 0 Å². The Hall–Kier alpha value is -9.16. The molecule has 0 bridgehead atoms. The topological polar surface area (TPSA) is 19.7 Å². The van der Waals surface area contributed by atoms with E-state index in [1.807, 2.05) is 0 Å². The summed E-state index contributed by atoms with van der Waals surface area (Å²) in [7, 11) is -3.88. The van der Waals surface area contributed by atoms with Crippen molar-refractivity contribution in [3.8, 4) is 33.4 Å². The average Bonchev–Trinajstić information content (AvgIpc) is 4.22. The number of allylic oxidation sites excluding steroid dienone is 4. The van der Waals surface area contributed by atoms with Gasteiger partial charge < -0.3 is 16.9 Å². The van der Waals surface area contributed by atoms with E-state index in [0.29, 0.717) is 0 Å². The highest BCUT2D eigenvalue weighted by atomic mass is 28.4. The van der Waals surface area contributed by atoms with Crippen LogP contribution < -0.4 is 0 Å². The van der Waals surface area contributed by atoms with Gasteiger partial charge in [0.05, 0.1) is 0 Å². The lowest BCUT2D eigenvalue weighted by molar-refractivity contribution is 0.862. The molecule has 339 valence electrons. The lowest BCUT2D eigenvalue weighted by Crippen LogP contribution is -2.65. The summed E-state index contributed by atoms with van der Waals surface area (Å²) in [5.41, 5.74) is 19.2. The SMILES string of the molecule is C1=CCC(c2cccc3c2c2ccc4ccc5c6c(-c7ccccc7)cccc6n6c5c4c2n3[Si-]62n3c4cccc(-c5ccccc5)c4c4ccc5ccc6c7c(-c8ccccc8)cccc7n2c6c5c43)C=C1. The van der Waals surface area contributed by atoms with Gasteiger partial charge in [-0.1, -0.05) is 212 Å². The van der Waals surface area contributed by atoms with Crippen molar-refractivity contribution in [3.63, 3.8) is 0 Å². The van der Waals surface area contributed by atoms with Gasteiger partial charge in [-0.25, -0.2) is 0 Å². The van der Waals surface area contributed by atoms with Gasteiger partial charge in [-0.05, 0) is 80.4 Å². The van der Waals surface area contributed by atoms with Crippen molar-refractivity contribution in [2.24, 2.45) is 0 Å². The molecule has 5 heteroatoms. The number of benzene rings is 11. The zero-order valence-corrected chi connectivity index (χ0v) is 40.6. The first-order chi connectivity index (χ1) is 36.3. The van der Waals surface area contributed by atoms with Gasteiger partial charge in [-0.3, -0.25) is 0 Å². The van der Waals surface area contributed by atoms with Gasteiger partial charge in [0.15, 0.2) is 0 Å². The van der Waals surface area contributed by atoms with Gasteiger partial charge in [-0.15, -0.1) is 0 Å². The van der Waals surface area contributed by atoms with Crippen LogP contribution in [-0.2, 0) is 0 Å². The Morgan fingerprint density at radius 2 is 0.685 bits per heavy atom. The summed E-state index contributed by atoms with van der Waals surface area (Å²) in [6.07, 6.45) is 10.2. The Balaban J connectivity index is 1.18. The second-order valence-corrected chi connectivity index (χ2v) is 23.6. The average molecular weight is 943 g/mol. The zero-order chi connectivity index (χ0) is 47.3. The van der Waals surface area contributed by atoms with E-state index < -0.39 is 8.72 Å². The molecule has 0 saturated heterocycles. The summed E-state index contributed by atoms with van der Waals surface area (Å²) < 4.78 is 11.8. The van der Waals surface area contributed by atoms with Crippen LogP contribution in [0.15, 0.2) is 237 Å². The van der Waals surface area contributed by atoms with Gasteiger partial charge >= 0.3 is 8.72 Å². The van der Waals surface area contributed by atoms with Crippen LogP contribution in [0.2, 0.25) is 0 Å². The van der Waals surface area contributed by atoms with Crippen LogP contribution in [0.25, 0.3) is 142 Å². The largest absolute Gasteiger partial charge is 0.442 e. The molecule has 0 radical (unpaired) electrons. The summed E-state index contributed by atoms with van der Waals surface area (Å²) in [5, 5.41) is 15.7. The second-order valence-electron chi connectivity index (χ2n) is 20.6. The Morgan fingerprint density at radius 1 is 0.315 bits per heavy atom. The predicted octanol–water partition coefficient (Wildman–Crippen LogP) is 17.6. The monoisotopic (exact) mass is 942 g/mol. The van der Waals surface area contributed by atoms with E-state index in [-0.39, 0.29) is 5.92 Å². The Morgan fingerprint density at radius 3 is 1.07 bits per heavy atom. The maximum absolute atomic E-state index is 3.88. The molecule has 1 atom stereocenters. The van der Waals surface area contributed by atoms with Gasteiger partial charge in [0.2, 0.25) is 0 Å². The van der Waals surface area contributed by atoms with Crippen molar-refractivity contribution in [3.05, 3.63) is 242 Å². The first kappa shape index (κ1) is 38.6. The number of hydrogen-bond donors (Lipinski definition) is 0. The van der Waals surface area contributed by atoms with Gasteiger partial charge in [-0.2, -0.15) is 0 Å². The first-order valence-corrected chi connectivity index (χ1v) is 27.5. The minimum atomic E-state index is -3.88. The summed E-state index contributed by atoms with van der Waals surface area (Å²) in [4.78, 5) is 0. The smallest absolute Gasteiger partial charge is 0.308 e. The van der Waals surface area contributed by atoms with Crippen LogP contribution in [-0.4, -0.2) is 25.7 Å². The third-order valence-electron chi connectivity index (χ3n) is 17.2. The lowest BCUT2D eigenvalue weighted by Gasteiger charge is -2.55. The summed E-state index contributed by atoms with van der Waals surface area (Å²) >= 11 is 0. The van der Waals surface area contributed by atoms with Gasteiger partial charge in [0, 0.05) is 104 Å². The molecular weight excluding hydrogens is 901 g/mol. The number of nitrogens with zero attached hydrogens (tertiary/aromatic N) is 4. The van der Waals surface area contributed by atoms with E-state index >= 15 is 0 Å². The molecule has 0 fully saturated rings. The number of fused-ring (bicyclic) bond motifs is 16. The van der Waals surface area contributed by atoms with Crippen molar-refractivity contribution in [2.75, 3.05) is 0 Å². The van der Waals surface area contributed by atoms with E-state index in [0.717, 1.165) is 6.42 Å². The molecule has 2 aliphatic heterocycles. The van der Waals surface area contributed by atoms with Crippen LogP contribution >= 0.6 is 0 Å². The molecule has 11 aromatic carbocycles. The third-order valence-corrected chi connectivity index (χ3v) is 21.5. The van der Waals surface area contributed by atoms with Crippen molar-refractivity contribution in [1.82, 2.24) is 16.9 Å². The highest BCUT2D eigenvalue weighted by Gasteiger charge is 2.46. The molecule has 18 rings (SSSR count). The molecule has 1 spiro atoms. The minimum Gasteiger partial charge on any atom is -0.442 e. The molecular formula is C68H42N4Si-. The molecule has 1 aliphatic carbocycles. The van der Waals surface area contributed by atoms with E-state index in [2.05, 4.69) is 254 Å².